The van der Waals surface area contributed by atoms with Gasteiger partial charge in [0.2, 0.25) is 0 Å². The monoisotopic (exact) mass is 426 g/mol. The highest BCUT2D eigenvalue weighted by Gasteiger charge is 2.10. The molecule has 0 unspecified atom stereocenters. The summed E-state index contributed by atoms with van der Waals surface area (Å²) in [6.45, 7) is 0.527. The first-order chi connectivity index (χ1) is 13.6. The molecule has 2 N–H and O–H groups in total. The molecule has 0 bridgehead atoms. The molecule has 1 aromatic heterocycles. The largest absolute Gasteiger partial charge is 0.504 e. The first-order valence-electron chi connectivity index (χ1n) is 8.62. The zero-order valence-corrected chi connectivity index (χ0v) is 17.0. The molecule has 0 aliphatic carbocycles. The summed E-state index contributed by atoms with van der Waals surface area (Å²) in [5.41, 5.74) is 2.58. The molecule has 4 aromatic rings. The molecule has 3 aromatic carbocycles. The molecule has 1 heterocycles. The number of phenolic OH excluding ortho intramolecular Hbond substituents is 1. The van der Waals surface area contributed by atoms with Crippen molar-refractivity contribution in [2.24, 2.45) is 0 Å². The van der Waals surface area contributed by atoms with E-state index in [-0.39, 0.29) is 10.8 Å². The Hall–Kier alpha value is -2.40. The van der Waals surface area contributed by atoms with E-state index in [0.717, 1.165) is 26.3 Å². The van der Waals surface area contributed by atoms with Gasteiger partial charge < -0.3 is 10.4 Å². The van der Waals surface area contributed by atoms with Gasteiger partial charge in [0, 0.05) is 32.9 Å². The summed E-state index contributed by atoms with van der Waals surface area (Å²) in [4.78, 5) is 6.67. The van der Waals surface area contributed by atoms with E-state index in [1.165, 1.54) is 6.07 Å². The van der Waals surface area contributed by atoms with E-state index in [4.69, 9.17) is 23.2 Å². The molecule has 0 aliphatic heterocycles. The van der Waals surface area contributed by atoms with E-state index < -0.39 is 0 Å². The molecular formula is C22H16Cl2N2OS. The number of hydrogen-bond acceptors (Lipinski definition) is 4. The van der Waals surface area contributed by atoms with Crippen molar-refractivity contribution in [3.63, 3.8) is 0 Å². The van der Waals surface area contributed by atoms with Crippen molar-refractivity contribution >= 4 is 51.6 Å². The molecule has 3 nitrogen and oxygen atoms in total. The maximum absolute atomic E-state index is 10.1. The van der Waals surface area contributed by atoms with Gasteiger partial charge >= 0.3 is 0 Å². The first-order valence-corrected chi connectivity index (χ1v) is 10.2. The third-order valence-electron chi connectivity index (χ3n) is 4.28. The molecule has 6 heteroatoms. The number of rotatable bonds is 5. The predicted molar refractivity (Wildman–Crippen MR) is 118 cm³/mol. The number of hydrogen-bond donors (Lipinski definition) is 2. The lowest BCUT2D eigenvalue weighted by atomic mass is 10.2. The molecule has 0 radical (unpaired) electrons. The fourth-order valence-corrected chi connectivity index (χ4v) is 4.35. The zero-order chi connectivity index (χ0) is 19.5. The number of nitrogens with zero attached hydrogens (tertiary/aromatic N) is 1. The van der Waals surface area contributed by atoms with Crippen LogP contribution in [-0.2, 0) is 6.54 Å². The molecule has 0 atom stereocenters. The van der Waals surface area contributed by atoms with E-state index >= 15 is 0 Å². The van der Waals surface area contributed by atoms with E-state index in [2.05, 4.69) is 46.7 Å². The predicted octanol–water partition coefficient (Wildman–Crippen LogP) is 7.01. The van der Waals surface area contributed by atoms with Crippen molar-refractivity contribution in [2.75, 3.05) is 5.32 Å². The lowest BCUT2D eigenvalue weighted by Crippen LogP contribution is -2.01. The molecule has 0 amide bonds. The summed E-state index contributed by atoms with van der Waals surface area (Å²) >= 11 is 13.7. The van der Waals surface area contributed by atoms with E-state index in [1.54, 1.807) is 24.0 Å². The third kappa shape index (κ3) is 4.20. The summed E-state index contributed by atoms with van der Waals surface area (Å²) in [5, 5.41) is 15.2. The van der Waals surface area contributed by atoms with Crippen LogP contribution < -0.4 is 5.32 Å². The van der Waals surface area contributed by atoms with Crippen LogP contribution in [0.5, 0.6) is 5.75 Å². The number of halogens is 2. The van der Waals surface area contributed by atoms with Crippen LogP contribution in [0.2, 0.25) is 10.0 Å². The van der Waals surface area contributed by atoms with E-state index in [9.17, 15) is 5.11 Å². The minimum atomic E-state index is -0.00296. The highest BCUT2D eigenvalue weighted by atomic mass is 35.5. The quantitative estimate of drug-likeness (QED) is 0.336. The Balaban J connectivity index is 1.57. The van der Waals surface area contributed by atoms with Gasteiger partial charge in [0.1, 0.15) is 0 Å². The number of pyridine rings is 1. The van der Waals surface area contributed by atoms with Crippen molar-refractivity contribution in [1.82, 2.24) is 4.98 Å². The minimum absolute atomic E-state index is 0.00296. The normalized spacial score (nSPS) is 10.9. The summed E-state index contributed by atoms with van der Waals surface area (Å²) in [7, 11) is 0. The Morgan fingerprint density at radius 1 is 0.964 bits per heavy atom. The topological polar surface area (TPSA) is 45.1 Å². The van der Waals surface area contributed by atoms with Crippen LogP contribution in [0, 0.1) is 0 Å². The molecule has 0 saturated heterocycles. The Labute approximate surface area is 177 Å². The second kappa shape index (κ2) is 8.31. The number of fused-ring (bicyclic) bond motifs is 1. The van der Waals surface area contributed by atoms with Crippen molar-refractivity contribution in [2.45, 2.75) is 16.3 Å². The van der Waals surface area contributed by atoms with Crippen LogP contribution in [0.25, 0.3) is 10.9 Å². The van der Waals surface area contributed by atoms with Gasteiger partial charge in [-0.2, -0.15) is 0 Å². The first kappa shape index (κ1) is 18.9. The van der Waals surface area contributed by atoms with Crippen LogP contribution in [0.3, 0.4) is 0 Å². The van der Waals surface area contributed by atoms with Crippen molar-refractivity contribution < 1.29 is 5.11 Å². The highest BCUT2D eigenvalue weighted by molar-refractivity contribution is 7.99. The molecule has 0 fully saturated rings. The van der Waals surface area contributed by atoms with Gasteiger partial charge in [0.15, 0.2) is 5.75 Å². The summed E-state index contributed by atoms with van der Waals surface area (Å²) < 4.78 is 0. The van der Waals surface area contributed by atoms with Crippen LogP contribution in [0.1, 0.15) is 5.56 Å². The van der Waals surface area contributed by atoms with Gasteiger partial charge in [0.05, 0.1) is 16.2 Å². The van der Waals surface area contributed by atoms with Crippen LogP contribution in [0.15, 0.2) is 82.7 Å². The second-order valence-electron chi connectivity index (χ2n) is 6.21. The highest BCUT2D eigenvalue weighted by Crippen LogP contribution is 2.36. The van der Waals surface area contributed by atoms with Crippen molar-refractivity contribution in [3.05, 3.63) is 88.5 Å². The summed E-state index contributed by atoms with van der Waals surface area (Å²) in [6.07, 6.45) is 1.80. The molecule has 0 saturated carbocycles. The lowest BCUT2D eigenvalue weighted by Gasteiger charge is -2.13. The Bertz CT molecular complexity index is 1150. The average Bonchev–Trinajstić information content (AvgIpc) is 2.70. The second-order valence-corrected chi connectivity index (χ2v) is 8.16. The van der Waals surface area contributed by atoms with Gasteiger partial charge in [-0.05, 0) is 42.0 Å². The summed E-state index contributed by atoms with van der Waals surface area (Å²) in [6, 6.07) is 21.6. The number of aromatic hydroxyl groups is 1. The lowest BCUT2D eigenvalue weighted by molar-refractivity contribution is 0.477. The molecule has 28 heavy (non-hydrogen) atoms. The number of phenols is 1. The molecule has 4 rings (SSSR count). The van der Waals surface area contributed by atoms with Gasteiger partial charge in [-0.15, -0.1) is 0 Å². The third-order valence-corrected chi connectivity index (χ3v) is 5.89. The van der Waals surface area contributed by atoms with Gasteiger partial charge in [-0.3, -0.25) is 4.98 Å². The SMILES string of the molecule is Oc1c(Cl)cc(Cl)cc1NCc1ccccc1Sc1ccc2cccnc2c1. The van der Waals surface area contributed by atoms with Gasteiger partial charge in [-0.25, -0.2) is 0 Å². The number of benzene rings is 3. The Kier molecular flexibility index (Phi) is 5.62. The fourth-order valence-electron chi connectivity index (χ4n) is 2.88. The summed E-state index contributed by atoms with van der Waals surface area (Å²) in [5.74, 6) is -0.00296. The standard InChI is InChI=1S/C22H16Cl2N2OS/c23-16-10-18(24)22(27)20(11-16)26-13-15-4-1-2-6-21(15)28-17-8-7-14-5-3-9-25-19(14)12-17/h1-12,26-27H,13H2. The Morgan fingerprint density at radius 3 is 2.71 bits per heavy atom. The van der Waals surface area contributed by atoms with Gasteiger partial charge in [-0.1, -0.05) is 65.3 Å². The van der Waals surface area contributed by atoms with Crippen molar-refractivity contribution in [1.29, 1.82) is 0 Å². The van der Waals surface area contributed by atoms with Crippen molar-refractivity contribution in [3.8, 4) is 5.75 Å². The number of nitrogens with one attached hydrogen (secondary N) is 1. The van der Waals surface area contributed by atoms with Gasteiger partial charge in [0.25, 0.3) is 0 Å². The smallest absolute Gasteiger partial charge is 0.157 e. The maximum atomic E-state index is 10.1. The van der Waals surface area contributed by atoms with Crippen LogP contribution in [0.4, 0.5) is 5.69 Å². The van der Waals surface area contributed by atoms with Crippen LogP contribution in [-0.4, -0.2) is 10.1 Å². The van der Waals surface area contributed by atoms with Crippen LogP contribution >= 0.6 is 35.0 Å². The average molecular weight is 427 g/mol. The Morgan fingerprint density at radius 2 is 1.82 bits per heavy atom. The van der Waals surface area contributed by atoms with E-state index in [0.29, 0.717) is 17.3 Å². The molecular weight excluding hydrogens is 411 g/mol. The molecule has 140 valence electrons. The van der Waals surface area contributed by atoms with E-state index in [1.807, 2.05) is 18.2 Å². The number of aromatic nitrogens is 1. The molecule has 0 aliphatic rings. The number of anilines is 1. The fraction of sp³-hybridized carbons (Fsp3) is 0.0455. The minimum Gasteiger partial charge on any atom is -0.504 e. The zero-order valence-electron chi connectivity index (χ0n) is 14.7. The maximum Gasteiger partial charge on any atom is 0.157 e. The molecule has 0 spiro atoms.